The van der Waals surface area contributed by atoms with E-state index in [0.29, 0.717) is 17.7 Å². The highest BCUT2D eigenvalue weighted by Crippen LogP contribution is 2.30. The van der Waals surface area contributed by atoms with Gasteiger partial charge in [0.05, 0.1) is 13.0 Å². The highest BCUT2D eigenvalue weighted by Gasteiger charge is 2.20. The molecule has 0 radical (unpaired) electrons. The topological polar surface area (TPSA) is 43.4 Å². The van der Waals surface area contributed by atoms with Gasteiger partial charge >= 0.3 is 5.97 Å². The Hall–Kier alpha value is -0.870. The summed E-state index contributed by atoms with van der Waals surface area (Å²) in [6.07, 6.45) is 0.0983. The molecule has 3 nitrogen and oxygen atoms in total. The normalized spacial score (nSPS) is 12.0. The van der Waals surface area contributed by atoms with Crippen LogP contribution in [-0.2, 0) is 20.7 Å². The van der Waals surface area contributed by atoms with Gasteiger partial charge in [-0.05, 0) is 31.0 Å². The molecule has 0 N–H and O–H groups in total. The maximum absolute atomic E-state index is 11.5. The Morgan fingerprint density at radius 2 is 2.11 bits per heavy atom. The van der Waals surface area contributed by atoms with Crippen molar-refractivity contribution in [3.63, 3.8) is 0 Å². The molecule has 5 heteroatoms. The number of hydrogen-bond donors (Lipinski definition) is 0. The van der Waals surface area contributed by atoms with Crippen LogP contribution < -0.4 is 0 Å². The number of rotatable bonds is 5. The molecule has 98 valence electrons. The van der Waals surface area contributed by atoms with Crippen LogP contribution in [0.4, 0.5) is 0 Å². The highest BCUT2D eigenvalue weighted by atomic mass is 79.9. The first kappa shape index (κ1) is 15.2. The van der Waals surface area contributed by atoms with Gasteiger partial charge in [-0.3, -0.25) is 9.59 Å². The summed E-state index contributed by atoms with van der Waals surface area (Å²) in [5.41, 5.74) is 1.35. The van der Waals surface area contributed by atoms with Gasteiger partial charge in [0.15, 0.2) is 5.78 Å². The van der Waals surface area contributed by atoms with E-state index in [9.17, 15) is 9.59 Å². The molecule has 0 saturated carbocycles. The minimum absolute atomic E-state index is 0.0983. The van der Waals surface area contributed by atoms with E-state index < -0.39 is 5.38 Å². The molecular formula is C13H14BrClO3. The number of ketones is 1. The second-order valence-electron chi connectivity index (χ2n) is 3.76. The Morgan fingerprint density at radius 3 is 2.67 bits per heavy atom. The first-order chi connectivity index (χ1) is 8.47. The van der Waals surface area contributed by atoms with Gasteiger partial charge in [0.2, 0.25) is 0 Å². The van der Waals surface area contributed by atoms with Gasteiger partial charge in [-0.1, -0.05) is 28.1 Å². The van der Waals surface area contributed by atoms with Gasteiger partial charge in [0.1, 0.15) is 5.38 Å². The largest absolute Gasteiger partial charge is 0.466 e. The fourth-order valence-electron chi connectivity index (χ4n) is 1.57. The smallest absolute Gasteiger partial charge is 0.310 e. The summed E-state index contributed by atoms with van der Waals surface area (Å²) in [6, 6.07) is 5.34. The van der Waals surface area contributed by atoms with Crippen LogP contribution in [0.15, 0.2) is 22.7 Å². The van der Waals surface area contributed by atoms with E-state index in [2.05, 4.69) is 15.9 Å². The Kier molecular flexibility index (Phi) is 5.82. The molecule has 0 aliphatic carbocycles. The summed E-state index contributed by atoms with van der Waals surface area (Å²) in [5, 5.41) is -0.744. The molecule has 0 aliphatic rings. The second kappa shape index (κ2) is 6.90. The summed E-state index contributed by atoms with van der Waals surface area (Å²) < 4.78 is 5.66. The van der Waals surface area contributed by atoms with Crippen molar-refractivity contribution in [1.29, 1.82) is 0 Å². The number of hydrogen-bond acceptors (Lipinski definition) is 3. The number of Topliss-reactive ketones (excluding diaryl/α,β-unsaturated/α-hetero) is 1. The van der Waals surface area contributed by atoms with Crippen molar-refractivity contribution in [3.05, 3.63) is 33.8 Å². The summed E-state index contributed by atoms with van der Waals surface area (Å²) in [7, 11) is 0. The van der Waals surface area contributed by atoms with E-state index in [4.69, 9.17) is 16.3 Å². The van der Waals surface area contributed by atoms with Crippen LogP contribution in [0.25, 0.3) is 0 Å². The van der Waals surface area contributed by atoms with E-state index in [-0.39, 0.29) is 18.2 Å². The van der Waals surface area contributed by atoms with E-state index in [1.54, 1.807) is 19.1 Å². The number of halogens is 2. The van der Waals surface area contributed by atoms with Crippen LogP contribution >= 0.6 is 27.5 Å². The van der Waals surface area contributed by atoms with Crippen molar-refractivity contribution in [3.8, 4) is 0 Å². The van der Waals surface area contributed by atoms with Crippen LogP contribution in [-0.4, -0.2) is 18.4 Å². The van der Waals surface area contributed by atoms with Crippen molar-refractivity contribution in [2.24, 2.45) is 0 Å². The minimum Gasteiger partial charge on any atom is -0.466 e. The number of carbonyl (C=O) groups is 2. The Morgan fingerprint density at radius 1 is 1.44 bits per heavy atom. The maximum atomic E-state index is 11.5. The quantitative estimate of drug-likeness (QED) is 0.612. The summed E-state index contributed by atoms with van der Waals surface area (Å²) in [4.78, 5) is 22.9. The van der Waals surface area contributed by atoms with Crippen LogP contribution in [0, 0.1) is 0 Å². The molecule has 1 aromatic rings. The average Bonchev–Trinajstić information content (AvgIpc) is 2.31. The van der Waals surface area contributed by atoms with Crippen molar-refractivity contribution in [1.82, 2.24) is 0 Å². The SMILES string of the molecule is CCOC(=O)Cc1c(Br)cccc1C(Cl)C(C)=O. The third kappa shape index (κ3) is 3.82. The van der Waals surface area contributed by atoms with Crippen LogP contribution in [0.2, 0.25) is 0 Å². The van der Waals surface area contributed by atoms with Crippen LogP contribution in [0.3, 0.4) is 0 Å². The number of alkyl halides is 1. The van der Waals surface area contributed by atoms with E-state index >= 15 is 0 Å². The third-order valence-electron chi connectivity index (χ3n) is 2.41. The Balaban J connectivity index is 3.08. The van der Waals surface area contributed by atoms with Crippen molar-refractivity contribution >= 4 is 39.3 Å². The molecule has 0 fully saturated rings. The first-order valence-corrected chi connectivity index (χ1v) is 6.77. The van der Waals surface area contributed by atoms with Gasteiger partial charge in [-0.25, -0.2) is 0 Å². The van der Waals surface area contributed by atoms with Crippen molar-refractivity contribution < 1.29 is 14.3 Å². The van der Waals surface area contributed by atoms with E-state index in [1.807, 2.05) is 6.07 Å². The molecule has 0 amide bonds. The van der Waals surface area contributed by atoms with Gasteiger partial charge in [0.25, 0.3) is 0 Å². The summed E-state index contributed by atoms with van der Waals surface area (Å²) in [5.74, 6) is -0.488. The lowest BCUT2D eigenvalue weighted by molar-refractivity contribution is -0.142. The van der Waals surface area contributed by atoms with Gasteiger partial charge in [-0.2, -0.15) is 0 Å². The average molecular weight is 334 g/mol. The molecular weight excluding hydrogens is 319 g/mol. The first-order valence-electron chi connectivity index (χ1n) is 5.54. The highest BCUT2D eigenvalue weighted by molar-refractivity contribution is 9.10. The molecule has 1 rings (SSSR count). The molecule has 1 atom stereocenters. The molecule has 1 aromatic carbocycles. The van der Waals surface area contributed by atoms with Gasteiger partial charge in [-0.15, -0.1) is 11.6 Å². The molecule has 0 heterocycles. The minimum atomic E-state index is -0.744. The van der Waals surface area contributed by atoms with Crippen LogP contribution in [0.5, 0.6) is 0 Å². The van der Waals surface area contributed by atoms with E-state index in [1.165, 1.54) is 6.92 Å². The van der Waals surface area contributed by atoms with Crippen LogP contribution in [0.1, 0.15) is 30.4 Å². The lowest BCUT2D eigenvalue weighted by Gasteiger charge is -2.14. The molecule has 1 unspecified atom stereocenters. The predicted molar refractivity (Wildman–Crippen MR) is 73.8 cm³/mol. The summed E-state index contributed by atoms with van der Waals surface area (Å²) >= 11 is 9.42. The molecule has 0 aliphatic heterocycles. The van der Waals surface area contributed by atoms with Crippen molar-refractivity contribution in [2.75, 3.05) is 6.61 Å². The number of benzene rings is 1. The molecule has 0 bridgehead atoms. The number of ether oxygens (including phenoxy) is 1. The Bertz CT molecular complexity index is 460. The standard InChI is InChI=1S/C13H14BrClO3/c1-3-18-12(17)7-10-9(13(15)8(2)16)5-4-6-11(10)14/h4-6,13H,3,7H2,1-2H3. The maximum Gasteiger partial charge on any atom is 0.310 e. The monoisotopic (exact) mass is 332 g/mol. The lowest BCUT2D eigenvalue weighted by Crippen LogP contribution is -2.12. The summed E-state index contributed by atoms with van der Waals surface area (Å²) in [6.45, 7) is 3.50. The Labute approximate surface area is 120 Å². The molecule has 0 aromatic heterocycles. The zero-order chi connectivity index (χ0) is 13.7. The predicted octanol–water partition coefficient (Wildman–Crippen LogP) is 3.42. The zero-order valence-electron chi connectivity index (χ0n) is 10.2. The third-order valence-corrected chi connectivity index (χ3v) is 3.70. The molecule has 18 heavy (non-hydrogen) atoms. The second-order valence-corrected chi connectivity index (χ2v) is 5.05. The molecule has 0 spiro atoms. The number of esters is 1. The lowest BCUT2D eigenvalue weighted by atomic mass is 10.00. The number of carbonyl (C=O) groups excluding carboxylic acids is 2. The van der Waals surface area contributed by atoms with Gasteiger partial charge < -0.3 is 4.74 Å². The van der Waals surface area contributed by atoms with E-state index in [0.717, 1.165) is 4.47 Å². The molecule has 0 saturated heterocycles. The van der Waals surface area contributed by atoms with Gasteiger partial charge in [0, 0.05) is 4.47 Å². The fourth-order valence-corrected chi connectivity index (χ4v) is 2.30. The zero-order valence-corrected chi connectivity index (χ0v) is 12.5. The van der Waals surface area contributed by atoms with Crippen molar-refractivity contribution in [2.45, 2.75) is 25.6 Å². The fraction of sp³-hybridized carbons (Fsp3) is 0.385.